The number of halogens is 1. The third-order valence-corrected chi connectivity index (χ3v) is 3.52. The molecule has 1 amide bonds. The highest BCUT2D eigenvalue weighted by Crippen LogP contribution is 2.27. The van der Waals surface area contributed by atoms with E-state index in [9.17, 15) is 14.4 Å². The van der Waals surface area contributed by atoms with E-state index in [4.69, 9.17) is 9.47 Å². The van der Waals surface area contributed by atoms with Crippen molar-refractivity contribution in [3.8, 4) is 17.6 Å². The largest absolute Gasteiger partial charge is 0.497 e. The maximum atomic E-state index is 13.6. The summed E-state index contributed by atoms with van der Waals surface area (Å²) in [5, 5.41) is 11.7. The molecule has 0 aliphatic rings. The number of carbonyl (C=O) groups excluding carboxylic acids is 1. The minimum absolute atomic E-state index is 0.0458. The number of para-hydroxylation sites is 1. The molecule has 0 aromatic heterocycles. The van der Waals surface area contributed by atoms with Crippen molar-refractivity contribution in [1.82, 2.24) is 0 Å². The molecule has 24 heavy (non-hydrogen) atoms. The van der Waals surface area contributed by atoms with Crippen molar-refractivity contribution < 1.29 is 18.7 Å². The zero-order valence-corrected chi connectivity index (χ0v) is 13.4. The molecule has 0 saturated carbocycles. The van der Waals surface area contributed by atoms with Gasteiger partial charge in [0.15, 0.2) is 0 Å². The predicted octanol–water partition coefficient (Wildman–Crippen LogP) is 3.16. The topological polar surface area (TPSA) is 71.3 Å². The summed E-state index contributed by atoms with van der Waals surface area (Å²) >= 11 is 0. The zero-order chi connectivity index (χ0) is 17.5. The Morgan fingerprint density at radius 2 is 2.00 bits per heavy atom. The fourth-order valence-electron chi connectivity index (χ4n) is 2.22. The van der Waals surface area contributed by atoms with Crippen molar-refractivity contribution in [2.75, 3.05) is 19.5 Å². The van der Waals surface area contributed by atoms with Crippen molar-refractivity contribution in [3.05, 3.63) is 53.8 Å². The van der Waals surface area contributed by atoms with E-state index in [2.05, 4.69) is 5.32 Å². The minimum atomic E-state index is -0.980. The van der Waals surface area contributed by atoms with Crippen LogP contribution in [0.15, 0.2) is 42.5 Å². The molecule has 5 nitrogen and oxygen atoms in total. The zero-order valence-electron chi connectivity index (χ0n) is 13.4. The SMILES string of the molecule is COc1ccc(CC(C#N)C(=O)Nc2ccccc2F)c(OC)c1. The monoisotopic (exact) mass is 328 g/mol. The summed E-state index contributed by atoms with van der Waals surface area (Å²) in [5.41, 5.74) is 0.734. The number of nitrogens with one attached hydrogen (secondary N) is 1. The molecule has 0 aliphatic carbocycles. The number of nitrogens with zero attached hydrogens (tertiary/aromatic N) is 1. The molecule has 1 unspecified atom stereocenters. The smallest absolute Gasteiger partial charge is 0.242 e. The van der Waals surface area contributed by atoms with Crippen LogP contribution in [-0.2, 0) is 11.2 Å². The molecule has 0 saturated heterocycles. The number of ether oxygens (including phenoxy) is 2. The Morgan fingerprint density at radius 1 is 1.25 bits per heavy atom. The molecule has 1 N–H and O–H groups in total. The van der Waals surface area contributed by atoms with Crippen LogP contribution in [0.1, 0.15) is 5.56 Å². The van der Waals surface area contributed by atoms with Gasteiger partial charge in [0.1, 0.15) is 23.2 Å². The Kier molecular flexibility index (Phi) is 5.74. The lowest BCUT2D eigenvalue weighted by molar-refractivity contribution is -0.118. The van der Waals surface area contributed by atoms with Crippen LogP contribution in [0.4, 0.5) is 10.1 Å². The summed E-state index contributed by atoms with van der Waals surface area (Å²) in [5.74, 6) is -0.967. The van der Waals surface area contributed by atoms with Crippen LogP contribution < -0.4 is 14.8 Å². The van der Waals surface area contributed by atoms with Crippen molar-refractivity contribution in [2.45, 2.75) is 6.42 Å². The Hall–Kier alpha value is -3.07. The third kappa shape index (κ3) is 4.02. The quantitative estimate of drug-likeness (QED) is 0.884. The Balaban J connectivity index is 2.16. The van der Waals surface area contributed by atoms with Crippen LogP contribution in [0, 0.1) is 23.1 Å². The van der Waals surface area contributed by atoms with Gasteiger partial charge in [0.25, 0.3) is 0 Å². The van der Waals surface area contributed by atoms with Crippen LogP contribution >= 0.6 is 0 Å². The van der Waals surface area contributed by atoms with Crippen molar-refractivity contribution in [1.29, 1.82) is 5.26 Å². The Bertz CT molecular complexity index is 771. The van der Waals surface area contributed by atoms with Gasteiger partial charge in [0.2, 0.25) is 5.91 Å². The first-order valence-corrected chi connectivity index (χ1v) is 7.25. The average molecular weight is 328 g/mol. The second-order valence-electron chi connectivity index (χ2n) is 5.03. The van der Waals surface area contributed by atoms with Gasteiger partial charge in [-0.05, 0) is 23.8 Å². The maximum Gasteiger partial charge on any atom is 0.242 e. The van der Waals surface area contributed by atoms with Crippen molar-refractivity contribution >= 4 is 11.6 Å². The molecule has 2 aromatic rings. The van der Waals surface area contributed by atoms with E-state index in [1.807, 2.05) is 6.07 Å². The highest BCUT2D eigenvalue weighted by atomic mass is 19.1. The predicted molar refractivity (Wildman–Crippen MR) is 87.4 cm³/mol. The maximum absolute atomic E-state index is 13.6. The number of nitriles is 1. The molecule has 2 rings (SSSR count). The van der Waals surface area contributed by atoms with Gasteiger partial charge in [-0.1, -0.05) is 18.2 Å². The first kappa shape index (κ1) is 17.3. The van der Waals surface area contributed by atoms with Gasteiger partial charge < -0.3 is 14.8 Å². The number of anilines is 1. The van der Waals surface area contributed by atoms with Crippen LogP contribution in [0.5, 0.6) is 11.5 Å². The summed E-state index contributed by atoms with van der Waals surface area (Å²) < 4.78 is 24.0. The molecule has 0 heterocycles. The standard InChI is InChI=1S/C18H17FN2O3/c1-23-14-8-7-12(17(10-14)24-2)9-13(11-20)18(22)21-16-6-4-3-5-15(16)19/h3-8,10,13H,9H2,1-2H3,(H,21,22). The molecule has 2 aromatic carbocycles. The molecule has 0 spiro atoms. The van der Waals surface area contributed by atoms with Gasteiger partial charge in [0, 0.05) is 12.5 Å². The molecular formula is C18H17FN2O3. The van der Waals surface area contributed by atoms with E-state index in [0.717, 1.165) is 0 Å². The molecule has 0 aliphatic heterocycles. The van der Waals surface area contributed by atoms with Crippen LogP contribution in [0.25, 0.3) is 0 Å². The van der Waals surface area contributed by atoms with E-state index >= 15 is 0 Å². The van der Waals surface area contributed by atoms with E-state index in [-0.39, 0.29) is 12.1 Å². The molecule has 0 radical (unpaired) electrons. The fourth-order valence-corrected chi connectivity index (χ4v) is 2.22. The second-order valence-corrected chi connectivity index (χ2v) is 5.03. The summed E-state index contributed by atoms with van der Waals surface area (Å²) in [6.45, 7) is 0. The lowest BCUT2D eigenvalue weighted by Gasteiger charge is -2.14. The first-order valence-electron chi connectivity index (χ1n) is 7.25. The lowest BCUT2D eigenvalue weighted by Crippen LogP contribution is -2.24. The molecular weight excluding hydrogens is 311 g/mol. The van der Waals surface area contributed by atoms with Crippen molar-refractivity contribution in [3.63, 3.8) is 0 Å². The number of carbonyl (C=O) groups is 1. The number of amides is 1. The van der Waals surface area contributed by atoms with Crippen molar-refractivity contribution in [2.24, 2.45) is 5.92 Å². The summed E-state index contributed by atoms with van der Waals surface area (Å²) in [4.78, 5) is 12.3. The van der Waals surface area contributed by atoms with Gasteiger partial charge in [0.05, 0.1) is 26.0 Å². The number of hydrogen-bond acceptors (Lipinski definition) is 4. The van der Waals surface area contributed by atoms with E-state index in [1.165, 1.54) is 32.4 Å². The Labute approximate surface area is 139 Å². The average Bonchev–Trinajstić information content (AvgIpc) is 2.61. The van der Waals surface area contributed by atoms with Gasteiger partial charge in [-0.25, -0.2) is 4.39 Å². The van der Waals surface area contributed by atoms with Gasteiger partial charge >= 0.3 is 0 Å². The van der Waals surface area contributed by atoms with Gasteiger partial charge in [-0.2, -0.15) is 5.26 Å². The fraction of sp³-hybridized carbons (Fsp3) is 0.222. The van der Waals surface area contributed by atoms with Crippen LogP contribution in [-0.4, -0.2) is 20.1 Å². The number of hydrogen-bond donors (Lipinski definition) is 1. The molecule has 6 heteroatoms. The van der Waals surface area contributed by atoms with Crippen LogP contribution in [0.2, 0.25) is 0 Å². The van der Waals surface area contributed by atoms with E-state index in [0.29, 0.717) is 17.1 Å². The van der Waals surface area contributed by atoms with E-state index < -0.39 is 17.6 Å². The Morgan fingerprint density at radius 3 is 2.62 bits per heavy atom. The molecule has 1 atom stereocenters. The number of rotatable bonds is 6. The minimum Gasteiger partial charge on any atom is -0.497 e. The molecule has 0 fully saturated rings. The molecule has 0 bridgehead atoms. The summed E-state index contributed by atoms with van der Waals surface area (Å²) in [7, 11) is 3.04. The second kappa shape index (κ2) is 7.97. The third-order valence-electron chi connectivity index (χ3n) is 3.52. The van der Waals surface area contributed by atoms with Gasteiger partial charge in [-0.3, -0.25) is 4.79 Å². The number of benzene rings is 2. The number of methoxy groups -OCH3 is 2. The van der Waals surface area contributed by atoms with Gasteiger partial charge in [-0.15, -0.1) is 0 Å². The summed E-state index contributed by atoms with van der Waals surface area (Å²) in [6.07, 6.45) is 0.143. The van der Waals surface area contributed by atoms with Crippen LogP contribution in [0.3, 0.4) is 0 Å². The first-order chi connectivity index (χ1) is 11.6. The summed E-state index contributed by atoms with van der Waals surface area (Å²) in [6, 6.07) is 12.9. The highest BCUT2D eigenvalue weighted by Gasteiger charge is 2.21. The highest BCUT2D eigenvalue weighted by molar-refractivity contribution is 5.94. The van der Waals surface area contributed by atoms with E-state index in [1.54, 1.807) is 24.3 Å². The lowest BCUT2D eigenvalue weighted by atomic mass is 9.98. The molecule has 124 valence electrons. The normalized spacial score (nSPS) is 11.2.